The summed E-state index contributed by atoms with van der Waals surface area (Å²) in [5.41, 5.74) is 1.11. The number of aryl methyl sites for hydroxylation is 1. The minimum Gasteiger partial charge on any atom is -0.357 e. The summed E-state index contributed by atoms with van der Waals surface area (Å²) in [4.78, 5) is 7.18. The van der Waals surface area contributed by atoms with E-state index in [0.29, 0.717) is 12.6 Å². The van der Waals surface area contributed by atoms with Crippen LogP contribution < -0.4 is 10.6 Å². The molecule has 2 rings (SSSR count). The maximum absolute atomic E-state index is 4.64. The van der Waals surface area contributed by atoms with E-state index in [1.807, 2.05) is 24.0 Å². The summed E-state index contributed by atoms with van der Waals surface area (Å²) < 4.78 is 1.86. The summed E-state index contributed by atoms with van der Waals surface area (Å²) in [7, 11) is 1.95. The molecule has 0 spiro atoms. The Kier molecular flexibility index (Phi) is 8.77. The number of aromatic nitrogens is 2. The lowest BCUT2D eigenvalue weighted by Crippen LogP contribution is -2.44. The molecule has 7 heteroatoms. The van der Waals surface area contributed by atoms with Crippen molar-refractivity contribution >= 4 is 29.9 Å². The third kappa shape index (κ3) is 5.42. The highest BCUT2D eigenvalue weighted by Gasteiger charge is 2.22. The second kappa shape index (κ2) is 10.0. The van der Waals surface area contributed by atoms with Crippen molar-refractivity contribution in [2.45, 2.75) is 39.3 Å². The van der Waals surface area contributed by atoms with Crippen LogP contribution in [0, 0.1) is 0 Å². The van der Waals surface area contributed by atoms with Gasteiger partial charge in [0.05, 0.1) is 12.2 Å². The van der Waals surface area contributed by atoms with Crippen LogP contribution in [0.1, 0.15) is 32.4 Å². The van der Waals surface area contributed by atoms with Gasteiger partial charge in [-0.1, -0.05) is 6.92 Å². The third-order valence-electron chi connectivity index (χ3n) is 4.08. The minimum atomic E-state index is 0. The second-order valence-electron chi connectivity index (χ2n) is 5.45. The van der Waals surface area contributed by atoms with Gasteiger partial charge in [-0.2, -0.15) is 5.10 Å². The first kappa shape index (κ1) is 19.2. The SMILES string of the molecule is CCNC(=NCc1ccnn1C)NCC1CCCN1CC.I. The highest BCUT2D eigenvalue weighted by atomic mass is 127. The molecule has 0 bridgehead atoms. The van der Waals surface area contributed by atoms with Gasteiger partial charge in [0.2, 0.25) is 0 Å². The van der Waals surface area contributed by atoms with Crippen LogP contribution in [0.3, 0.4) is 0 Å². The van der Waals surface area contributed by atoms with E-state index < -0.39 is 0 Å². The normalized spacial score (nSPS) is 19.0. The quantitative estimate of drug-likeness (QED) is 0.417. The molecule has 2 heterocycles. The van der Waals surface area contributed by atoms with Gasteiger partial charge < -0.3 is 10.6 Å². The Morgan fingerprint density at radius 2 is 2.23 bits per heavy atom. The van der Waals surface area contributed by atoms with Crippen LogP contribution in [0.2, 0.25) is 0 Å². The zero-order chi connectivity index (χ0) is 15.1. The van der Waals surface area contributed by atoms with E-state index >= 15 is 0 Å². The van der Waals surface area contributed by atoms with Crippen molar-refractivity contribution in [1.29, 1.82) is 0 Å². The number of hydrogen-bond donors (Lipinski definition) is 2. The van der Waals surface area contributed by atoms with Gasteiger partial charge >= 0.3 is 0 Å². The van der Waals surface area contributed by atoms with Crippen LogP contribution in [-0.2, 0) is 13.6 Å². The van der Waals surface area contributed by atoms with Crippen molar-refractivity contribution < 1.29 is 0 Å². The first-order valence-electron chi connectivity index (χ1n) is 7.97. The molecule has 0 aliphatic carbocycles. The molecular weight excluding hydrogens is 391 g/mol. The van der Waals surface area contributed by atoms with E-state index in [0.717, 1.165) is 31.3 Å². The first-order chi connectivity index (χ1) is 10.2. The molecule has 1 aliphatic rings. The fourth-order valence-corrected chi connectivity index (χ4v) is 2.82. The number of nitrogens with zero attached hydrogens (tertiary/aromatic N) is 4. The maximum atomic E-state index is 4.64. The Hall–Kier alpha value is -0.830. The van der Waals surface area contributed by atoms with Gasteiger partial charge in [0.25, 0.3) is 0 Å². The predicted molar refractivity (Wildman–Crippen MR) is 102 cm³/mol. The number of rotatable bonds is 6. The zero-order valence-electron chi connectivity index (χ0n) is 13.9. The number of hydrogen-bond acceptors (Lipinski definition) is 3. The molecule has 1 aromatic rings. The molecule has 1 saturated heterocycles. The summed E-state index contributed by atoms with van der Waals surface area (Å²) in [5.74, 6) is 0.890. The summed E-state index contributed by atoms with van der Waals surface area (Å²) in [6.07, 6.45) is 4.40. The standard InChI is InChI=1S/C15H28N6.HI/c1-4-16-15(17-11-13-8-9-19-20(13)3)18-12-14-7-6-10-21(14)5-2;/h8-9,14H,4-7,10-12H2,1-3H3,(H2,16,17,18);1H. The Bertz CT molecular complexity index is 459. The Balaban J connectivity index is 0.00000242. The lowest BCUT2D eigenvalue weighted by molar-refractivity contribution is 0.267. The fourth-order valence-electron chi connectivity index (χ4n) is 2.82. The number of halogens is 1. The molecule has 6 nitrogen and oxygen atoms in total. The fraction of sp³-hybridized carbons (Fsp3) is 0.733. The molecule has 126 valence electrons. The average Bonchev–Trinajstić information content (AvgIpc) is 3.10. The van der Waals surface area contributed by atoms with Crippen molar-refractivity contribution in [3.63, 3.8) is 0 Å². The predicted octanol–water partition coefficient (Wildman–Crippen LogP) is 1.58. The summed E-state index contributed by atoms with van der Waals surface area (Å²) in [6, 6.07) is 2.64. The average molecular weight is 420 g/mol. The summed E-state index contributed by atoms with van der Waals surface area (Å²) >= 11 is 0. The molecule has 22 heavy (non-hydrogen) atoms. The molecule has 0 saturated carbocycles. The Morgan fingerprint density at radius 3 is 2.86 bits per heavy atom. The second-order valence-corrected chi connectivity index (χ2v) is 5.45. The van der Waals surface area contributed by atoms with Crippen LogP contribution >= 0.6 is 24.0 Å². The Labute approximate surface area is 150 Å². The number of aliphatic imine (C=N–C) groups is 1. The van der Waals surface area contributed by atoms with Crippen molar-refractivity contribution in [2.75, 3.05) is 26.2 Å². The third-order valence-corrected chi connectivity index (χ3v) is 4.08. The van der Waals surface area contributed by atoms with E-state index in [4.69, 9.17) is 0 Å². The summed E-state index contributed by atoms with van der Waals surface area (Å²) in [5, 5.41) is 11.0. The maximum Gasteiger partial charge on any atom is 0.191 e. The van der Waals surface area contributed by atoms with Crippen LogP contribution in [0.5, 0.6) is 0 Å². The highest BCUT2D eigenvalue weighted by molar-refractivity contribution is 14.0. The van der Waals surface area contributed by atoms with Crippen molar-refractivity contribution in [1.82, 2.24) is 25.3 Å². The van der Waals surface area contributed by atoms with Crippen molar-refractivity contribution in [3.8, 4) is 0 Å². The van der Waals surface area contributed by atoms with E-state index in [1.54, 1.807) is 0 Å². The molecule has 0 amide bonds. The van der Waals surface area contributed by atoms with Gasteiger partial charge in [-0.05, 0) is 38.9 Å². The first-order valence-corrected chi connectivity index (χ1v) is 7.97. The highest BCUT2D eigenvalue weighted by Crippen LogP contribution is 2.15. The molecule has 1 aromatic heterocycles. The largest absolute Gasteiger partial charge is 0.357 e. The summed E-state index contributed by atoms with van der Waals surface area (Å²) in [6.45, 7) is 9.17. The van der Waals surface area contributed by atoms with Crippen LogP contribution in [0.15, 0.2) is 17.3 Å². The van der Waals surface area contributed by atoms with E-state index in [-0.39, 0.29) is 24.0 Å². The zero-order valence-corrected chi connectivity index (χ0v) is 16.2. The van der Waals surface area contributed by atoms with Crippen molar-refractivity contribution in [2.24, 2.45) is 12.0 Å². The van der Waals surface area contributed by atoms with Gasteiger partial charge in [-0.3, -0.25) is 9.58 Å². The number of guanidine groups is 1. The number of nitrogens with one attached hydrogen (secondary N) is 2. The molecule has 1 fully saturated rings. The monoisotopic (exact) mass is 420 g/mol. The van der Waals surface area contributed by atoms with Crippen LogP contribution in [0.4, 0.5) is 0 Å². The Morgan fingerprint density at radius 1 is 1.41 bits per heavy atom. The van der Waals surface area contributed by atoms with Gasteiger partial charge in [0.1, 0.15) is 0 Å². The molecule has 0 radical (unpaired) electrons. The van der Waals surface area contributed by atoms with E-state index in [2.05, 4.69) is 39.5 Å². The number of likely N-dealkylation sites (tertiary alicyclic amines) is 1. The van der Waals surface area contributed by atoms with Gasteiger partial charge in [-0.25, -0.2) is 4.99 Å². The van der Waals surface area contributed by atoms with E-state index in [1.165, 1.54) is 19.4 Å². The van der Waals surface area contributed by atoms with E-state index in [9.17, 15) is 0 Å². The molecule has 2 N–H and O–H groups in total. The lowest BCUT2D eigenvalue weighted by Gasteiger charge is -2.23. The number of likely N-dealkylation sites (N-methyl/N-ethyl adjacent to an activating group) is 1. The molecule has 0 aromatic carbocycles. The minimum absolute atomic E-state index is 0. The van der Waals surface area contributed by atoms with Crippen LogP contribution in [-0.4, -0.2) is 52.9 Å². The lowest BCUT2D eigenvalue weighted by atomic mass is 10.2. The van der Waals surface area contributed by atoms with Gasteiger partial charge in [0, 0.05) is 32.4 Å². The van der Waals surface area contributed by atoms with Crippen molar-refractivity contribution in [3.05, 3.63) is 18.0 Å². The van der Waals surface area contributed by atoms with Gasteiger partial charge in [0.15, 0.2) is 5.96 Å². The smallest absolute Gasteiger partial charge is 0.191 e. The molecular formula is C15H29IN6. The van der Waals surface area contributed by atoms with Gasteiger partial charge in [-0.15, -0.1) is 24.0 Å². The molecule has 1 aliphatic heterocycles. The molecule has 1 atom stereocenters. The van der Waals surface area contributed by atoms with Crippen LogP contribution in [0.25, 0.3) is 0 Å². The topological polar surface area (TPSA) is 57.5 Å². The molecule has 1 unspecified atom stereocenters.